The molecule has 0 unspecified atom stereocenters. The SMILES string of the molecule is Cc1ccccc1[C@@H](CC(=O)c1nccn1C(C)C)[C@@H]1c2ccc(Cl)cc2CCN1c1ccccc1. The van der Waals surface area contributed by atoms with Gasteiger partial charge in [0.1, 0.15) is 0 Å². The molecule has 0 spiro atoms. The van der Waals surface area contributed by atoms with Crippen molar-refractivity contribution in [3.05, 3.63) is 118 Å². The largest absolute Gasteiger partial charge is 0.364 e. The first-order valence-corrected chi connectivity index (χ1v) is 13.0. The van der Waals surface area contributed by atoms with Crippen LogP contribution < -0.4 is 4.90 Å². The summed E-state index contributed by atoms with van der Waals surface area (Å²) < 4.78 is 1.97. The lowest BCUT2D eigenvalue weighted by molar-refractivity contribution is 0.0952. The molecule has 0 fully saturated rings. The first-order valence-electron chi connectivity index (χ1n) is 12.7. The smallest absolute Gasteiger partial charge is 0.198 e. The molecule has 5 heteroatoms. The number of aromatic nitrogens is 2. The van der Waals surface area contributed by atoms with Crippen molar-refractivity contribution in [2.24, 2.45) is 0 Å². The van der Waals surface area contributed by atoms with Gasteiger partial charge < -0.3 is 9.47 Å². The van der Waals surface area contributed by atoms with Gasteiger partial charge in [-0.15, -0.1) is 0 Å². The lowest BCUT2D eigenvalue weighted by Gasteiger charge is -2.43. The van der Waals surface area contributed by atoms with E-state index < -0.39 is 0 Å². The van der Waals surface area contributed by atoms with Gasteiger partial charge in [-0.3, -0.25) is 4.79 Å². The first kappa shape index (κ1) is 24.3. The zero-order chi connectivity index (χ0) is 25.2. The minimum atomic E-state index is -0.0588. The van der Waals surface area contributed by atoms with E-state index in [4.69, 9.17) is 11.6 Å². The molecule has 1 aliphatic heterocycles. The predicted octanol–water partition coefficient (Wildman–Crippen LogP) is 7.59. The summed E-state index contributed by atoms with van der Waals surface area (Å²) in [5.74, 6) is 0.537. The fraction of sp³-hybridized carbons (Fsp3) is 0.290. The normalized spacial score (nSPS) is 16.1. The molecule has 0 radical (unpaired) electrons. The fourth-order valence-electron chi connectivity index (χ4n) is 5.60. The zero-order valence-corrected chi connectivity index (χ0v) is 21.8. The highest BCUT2D eigenvalue weighted by Crippen LogP contribution is 2.46. The Labute approximate surface area is 218 Å². The average Bonchev–Trinajstić information content (AvgIpc) is 3.38. The summed E-state index contributed by atoms with van der Waals surface area (Å²) in [6.45, 7) is 7.16. The Hall–Kier alpha value is -3.37. The minimum Gasteiger partial charge on any atom is -0.364 e. The third-order valence-corrected chi connectivity index (χ3v) is 7.55. The third-order valence-electron chi connectivity index (χ3n) is 7.32. The number of para-hydroxylation sites is 1. The van der Waals surface area contributed by atoms with E-state index >= 15 is 0 Å². The van der Waals surface area contributed by atoms with Crippen LogP contribution in [0.3, 0.4) is 0 Å². The highest BCUT2D eigenvalue weighted by atomic mass is 35.5. The van der Waals surface area contributed by atoms with Gasteiger partial charge in [-0.25, -0.2) is 4.98 Å². The number of benzene rings is 3. The van der Waals surface area contributed by atoms with Gasteiger partial charge in [-0.2, -0.15) is 0 Å². The Balaban J connectivity index is 1.66. The molecule has 3 aromatic carbocycles. The van der Waals surface area contributed by atoms with Crippen LogP contribution in [-0.2, 0) is 6.42 Å². The number of aryl methyl sites for hydroxylation is 1. The van der Waals surface area contributed by atoms with Gasteiger partial charge in [0.25, 0.3) is 0 Å². The number of ketones is 1. The summed E-state index contributed by atoms with van der Waals surface area (Å²) in [4.78, 5) is 20.8. The Kier molecular flexibility index (Phi) is 6.97. The summed E-state index contributed by atoms with van der Waals surface area (Å²) in [5, 5.41) is 0.753. The number of nitrogens with zero attached hydrogens (tertiary/aromatic N) is 3. The van der Waals surface area contributed by atoms with Crippen molar-refractivity contribution in [1.82, 2.24) is 9.55 Å². The van der Waals surface area contributed by atoms with Crippen LogP contribution in [0.5, 0.6) is 0 Å². The van der Waals surface area contributed by atoms with Crippen molar-refractivity contribution >= 4 is 23.1 Å². The number of fused-ring (bicyclic) bond motifs is 1. The number of rotatable bonds is 7. The second kappa shape index (κ2) is 10.3. The molecule has 0 saturated heterocycles. The van der Waals surface area contributed by atoms with Gasteiger partial charge in [0, 0.05) is 48.0 Å². The minimum absolute atomic E-state index is 0.0130. The second-order valence-electron chi connectivity index (χ2n) is 9.91. The second-order valence-corrected chi connectivity index (χ2v) is 10.3. The molecular formula is C31H32ClN3O. The number of imidazole rings is 1. The quantitative estimate of drug-likeness (QED) is 0.247. The van der Waals surface area contributed by atoms with Crippen molar-refractivity contribution in [3.63, 3.8) is 0 Å². The van der Waals surface area contributed by atoms with Gasteiger partial charge in [0.15, 0.2) is 11.6 Å². The van der Waals surface area contributed by atoms with Gasteiger partial charge >= 0.3 is 0 Å². The molecule has 1 aromatic heterocycles. The van der Waals surface area contributed by atoms with Crippen molar-refractivity contribution < 1.29 is 4.79 Å². The maximum Gasteiger partial charge on any atom is 0.198 e. The van der Waals surface area contributed by atoms with Crippen LogP contribution in [0, 0.1) is 6.92 Å². The van der Waals surface area contributed by atoms with Crippen molar-refractivity contribution in [1.29, 1.82) is 0 Å². The summed E-state index contributed by atoms with van der Waals surface area (Å²) in [5.41, 5.74) is 6.05. The summed E-state index contributed by atoms with van der Waals surface area (Å²) in [6, 6.07) is 25.4. The Morgan fingerprint density at radius 3 is 2.56 bits per heavy atom. The fourth-order valence-corrected chi connectivity index (χ4v) is 5.80. The lowest BCUT2D eigenvalue weighted by atomic mass is 9.77. The number of halogens is 1. The monoisotopic (exact) mass is 497 g/mol. The van der Waals surface area contributed by atoms with Crippen LogP contribution in [-0.4, -0.2) is 21.9 Å². The van der Waals surface area contributed by atoms with Crippen LogP contribution in [0.25, 0.3) is 0 Å². The van der Waals surface area contributed by atoms with E-state index in [2.05, 4.69) is 91.3 Å². The first-order chi connectivity index (χ1) is 17.4. The molecule has 5 rings (SSSR count). The molecule has 0 aliphatic carbocycles. The summed E-state index contributed by atoms with van der Waals surface area (Å²) >= 11 is 6.42. The van der Waals surface area contributed by atoms with E-state index in [-0.39, 0.29) is 23.8 Å². The Morgan fingerprint density at radius 1 is 1.06 bits per heavy atom. The summed E-state index contributed by atoms with van der Waals surface area (Å²) in [6.07, 6.45) is 4.90. The topological polar surface area (TPSA) is 38.1 Å². The molecule has 2 heterocycles. The third kappa shape index (κ3) is 4.70. The number of hydrogen-bond donors (Lipinski definition) is 0. The van der Waals surface area contributed by atoms with E-state index in [1.165, 1.54) is 22.3 Å². The van der Waals surface area contributed by atoms with Gasteiger partial charge in [0.2, 0.25) is 0 Å². The lowest BCUT2D eigenvalue weighted by Crippen LogP contribution is -2.39. The highest BCUT2D eigenvalue weighted by Gasteiger charge is 2.37. The van der Waals surface area contributed by atoms with Crippen LogP contribution in [0.1, 0.15) is 71.1 Å². The van der Waals surface area contributed by atoms with Crippen LogP contribution >= 0.6 is 11.6 Å². The highest BCUT2D eigenvalue weighted by molar-refractivity contribution is 6.30. The Morgan fingerprint density at radius 2 is 1.81 bits per heavy atom. The van der Waals surface area contributed by atoms with Crippen molar-refractivity contribution in [3.8, 4) is 0 Å². The van der Waals surface area contributed by atoms with Crippen molar-refractivity contribution in [2.75, 3.05) is 11.4 Å². The number of anilines is 1. The zero-order valence-electron chi connectivity index (χ0n) is 21.1. The molecule has 36 heavy (non-hydrogen) atoms. The van der Waals surface area contributed by atoms with Crippen LogP contribution in [0.2, 0.25) is 5.02 Å². The molecule has 1 aliphatic rings. The van der Waals surface area contributed by atoms with Gasteiger partial charge in [0.05, 0.1) is 6.04 Å². The molecule has 0 bridgehead atoms. The number of hydrogen-bond acceptors (Lipinski definition) is 3. The van der Waals surface area contributed by atoms with E-state index in [1.54, 1.807) is 6.20 Å². The standard InChI is InChI=1S/C31H32ClN3O/c1-21(2)34-18-16-33-31(34)29(36)20-28(26-12-8-7-9-22(26)3)30-27-14-13-24(32)19-23(27)15-17-35(30)25-10-5-4-6-11-25/h4-14,16,18-19,21,28,30H,15,17,20H2,1-3H3/t28-,30+/m1/s1. The molecule has 2 atom stereocenters. The van der Waals surface area contributed by atoms with E-state index in [0.717, 1.165) is 23.7 Å². The number of carbonyl (C=O) groups excluding carboxylic acids is 1. The molecular weight excluding hydrogens is 466 g/mol. The maximum atomic E-state index is 13.9. The van der Waals surface area contributed by atoms with Gasteiger partial charge in [-0.1, -0.05) is 60.1 Å². The van der Waals surface area contributed by atoms with E-state index in [0.29, 0.717) is 12.2 Å². The van der Waals surface area contributed by atoms with E-state index in [9.17, 15) is 4.79 Å². The van der Waals surface area contributed by atoms with Crippen molar-refractivity contribution in [2.45, 2.75) is 51.6 Å². The molecule has 0 saturated carbocycles. The molecule has 4 nitrogen and oxygen atoms in total. The number of Topliss-reactive ketones (excluding diaryl/α,β-unsaturated/α-hetero) is 1. The average molecular weight is 498 g/mol. The summed E-state index contributed by atoms with van der Waals surface area (Å²) in [7, 11) is 0. The van der Waals surface area contributed by atoms with Gasteiger partial charge in [-0.05, 0) is 73.7 Å². The number of carbonyl (C=O) groups is 1. The van der Waals surface area contributed by atoms with Crippen LogP contribution in [0.15, 0.2) is 85.2 Å². The molecule has 0 N–H and O–H groups in total. The molecule has 0 amide bonds. The Bertz CT molecular complexity index is 1360. The van der Waals surface area contributed by atoms with E-state index in [1.807, 2.05) is 22.9 Å². The van der Waals surface area contributed by atoms with Crippen LogP contribution in [0.4, 0.5) is 5.69 Å². The molecule has 184 valence electrons. The predicted molar refractivity (Wildman–Crippen MR) is 147 cm³/mol. The molecule has 4 aromatic rings. The maximum absolute atomic E-state index is 13.9.